The summed E-state index contributed by atoms with van der Waals surface area (Å²) in [5, 5.41) is 1.45. The number of alkyl halides is 6. The molecule has 1 saturated carbocycles. The van der Waals surface area contributed by atoms with Gasteiger partial charge in [-0.05, 0) is 18.9 Å². The summed E-state index contributed by atoms with van der Waals surface area (Å²) >= 11 is 5.47. The number of carbonyl (C=O) groups is 1. The van der Waals surface area contributed by atoms with Crippen LogP contribution in [0.3, 0.4) is 0 Å². The van der Waals surface area contributed by atoms with Gasteiger partial charge in [-0.1, -0.05) is 24.4 Å². The first-order chi connectivity index (χ1) is 11.9. The summed E-state index contributed by atoms with van der Waals surface area (Å²) in [5.74, 6) is -2.70. The lowest BCUT2D eigenvalue weighted by molar-refractivity contribution is -0.189. The molecule has 0 unspecified atom stereocenters. The van der Waals surface area contributed by atoms with Crippen LogP contribution < -0.4 is 10.9 Å². The van der Waals surface area contributed by atoms with Crippen molar-refractivity contribution < 1.29 is 31.1 Å². The normalized spacial score (nSPS) is 21.5. The molecule has 1 fully saturated rings. The van der Waals surface area contributed by atoms with Crippen LogP contribution in [0.15, 0.2) is 17.1 Å². The van der Waals surface area contributed by atoms with Crippen LogP contribution in [-0.4, -0.2) is 22.7 Å². The predicted molar refractivity (Wildman–Crippen MR) is 80.7 cm³/mol. The van der Waals surface area contributed by atoms with Crippen molar-refractivity contribution in [2.24, 2.45) is 5.92 Å². The Morgan fingerprint density at radius 2 is 1.81 bits per heavy atom. The Hall–Kier alpha value is -1.71. The molecule has 1 aromatic heterocycles. The number of pyridine rings is 1. The molecule has 11 heteroatoms. The third-order valence-electron chi connectivity index (χ3n) is 4.22. The predicted octanol–water partition coefficient (Wildman–Crippen LogP) is 3.76. The lowest BCUT2D eigenvalue weighted by atomic mass is 9.84. The van der Waals surface area contributed by atoms with Crippen LogP contribution in [0.1, 0.15) is 31.2 Å². The Morgan fingerprint density at radius 3 is 2.38 bits per heavy atom. The molecule has 0 radical (unpaired) electrons. The van der Waals surface area contributed by atoms with Gasteiger partial charge in [0.15, 0.2) is 0 Å². The molecule has 2 rings (SSSR count). The summed E-state index contributed by atoms with van der Waals surface area (Å²) in [4.78, 5) is 23.8. The van der Waals surface area contributed by atoms with Gasteiger partial charge < -0.3 is 9.88 Å². The fraction of sp³-hybridized carbons (Fsp3) is 0.600. The molecule has 1 N–H and O–H groups in total. The quantitative estimate of drug-likeness (QED) is 0.780. The van der Waals surface area contributed by atoms with Crippen LogP contribution in [0.2, 0.25) is 5.02 Å². The van der Waals surface area contributed by atoms with Crippen molar-refractivity contribution in [3.05, 3.63) is 33.2 Å². The summed E-state index contributed by atoms with van der Waals surface area (Å²) in [6.45, 7) is -0.858. The van der Waals surface area contributed by atoms with Gasteiger partial charge in [-0.15, -0.1) is 0 Å². The van der Waals surface area contributed by atoms with Gasteiger partial charge in [0.2, 0.25) is 5.91 Å². The first-order valence-corrected chi connectivity index (χ1v) is 8.10. The van der Waals surface area contributed by atoms with E-state index in [9.17, 15) is 35.9 Å². The van der Waals surface area contributed by atoms with Gasteiger partial charge in [-0.25, -0.2) is 0 Å². The van der Waals surface area contributed by atoms with Crippen molar-refractivity contribution in [3.63, 3.8) is 0 Å². The summed E-state index contributed by atoms with van der Waals surface area (Å²) in [7, 11) is 0. The summed E-state index contributed by atoms with van der Waals surface area (Å²) in [6.07, 6.45) is -8.03. The maximum Gasteiger partial charge on any atom is 0.417 e. The van der Waals surface area contributed by atoms with Crippen LogP contribution in [0.5, 0.6) is 0 Å². The van der Waals surface area contributed by atoms with Gasteiger partial charge in [0, 0.05) is 12.2 Å². The van der Waals surface area contributed by atoms with Crippen molar-refractivity contribution in [3.8, 4) is 0 Å². The van der Waals surface area contributed by atoms with Gasteiger partial charge in [0.1, 0.15) is 11.6 Å². The van der Waals surface area contributed by atoms with Crippen LogP contribution in [0.4, 0.5) is 26.3 Å². The zero-order chi connectivity index (χ0) is 19.7. The minimum Gasteiger partial charge on any atom is -0.351 e. The molecule has 2 atom stereocenters. The van der Waals surface area contributed by atoms with Crippen molar-refractivity contribution >= 4 is 17.5 Å². The van der Waals surface area contributed by atoms with Gasteiger partial charge in [0.05, 0.1) is 11.5 Å². The van der Waals surface area contributed by atoms with E-state index in [4.69, 9.17) is 11.6 Å². The highest BCUT2D eigenvalue weighted by molar-refractivity contribution is 6.30. The van der Waals surface area contributed by atoms with E-state index < -0.39 is 52.9 Å². The second-order valence-electron chi connectivity index (χ2n) is 6.11. The molecule has 0 aromatic carbocycles. The maximum absolute atomic E-state index is 13.0. The average molecular weight is 405 g/mol. The molecule has 0 saturated heterocycles. The molecule has 4 nitrogen and oxygen atoms in total. The van der Waals surface area contributed by atoms with Crippen molar-refractivity contribution in [1.82, 2.24) is 9.88 Å². The second-order valence-corrected chi connectivity index (χ2v) is 6.52. The summed E-state index contributed by atoms with van der Waals surface area (Å²) in [5.41, 5.74) is -2.27. The van der Waals surface area contributed by atoms with E-state index in [2.05, 4.69) is 5.32 Å². The highest BCUT2D eigenvalue weighted by Crippen LogP contribution is 2.37. The van der Waals surface area contributed by atoms with Crippen molar-refractivity contribution in [1.29, 1.82) is 0 Å². The van der Waals surface area contributed by atoms with Crippen molar-refractivity contribution in [2.75, 3.05) is 0 Å². The van der Waals surface area contributed by atoms with Crippen LogP contribution >= 0.6 is 11.6 Å². The zero-order valence-electron chi connectivity index (χ0n) is 13.3. The van der Waals surface area contributed by atoms with Gasteiger partial charge in [-0.2, -0.15) is 26.3 Å². The number of aromatic nitrogens is 1. The number of nitrogens with one attached hydrogen (secondary N) is 1. The third-order valence-corrected chi connectivity index (χ3v) is 4.49. The molecule has 1 aromatic rings. The van der Waals surface area contributed by atoms with E-state index in [1.165, 1.54) is 0 Å². The topological polar surface area (TPSA) is 51.1 Å². The van der Waals surface area contributed by atoms with E-state index in [1.807, 2.05) is 0 Å². The van der Waals surface area contributed by atoms with Crippen LogP contribution in [0, 0.1) is 5.92 Å². The minimum atomic E-state index is -4.79. The molecule has 1 aliphatic rings. The standard InChI is InChI=1S/C15H15ClF6N2O2/c16-10-5-8(14(17,18)19)6-24(13(10)26)7-12(25)23-11-4-2-1-3-9(11)15(20,21)22/h5-6,9,11H,1-4,7H2,(H,23,25)/t9-,11-/m1/s1. The number of hydrogen-bond donors (Lipinski definition) is 1. The van der Waals surface area contributed by atoms with E-state index in [1.54, 1.807) is 0 Å². The van der Waals surface area contributed by atoms with E-state index >= 15 is 0 Å². The fourth-order valence-corrected chi connectivity index (χ4v) is 3.20. The number of hydrogen-bond acceptors (Lipinski definition) is 2. The third kappa shape index (κ3) is 4.93. The van der Waals surface area contributed by atoms with Gasteiger partial charge >= 0.3 is 12.4 Å². The maximum atomic E-state index is 13.0. The number of nitrogens with zero attached hydrogens (tertiary/aromatic N) is 1. The lowest BCUT2D eigenvalue weighted by Gasteiger charge is -2.33. The van der Waals surface area contributed by atoms with Gasteiger partial charge in [0.25, 0.3) is 5.56 Å². The summed E-state index contributed by atoms with van der Waals surface area (Å²) < 4.78 is 77.8. The van der Waals surface area contributed by atoms with E-state index in [0.29, 0.717) is 29.7 Å². The Morgan fingerprint density at radius 1 is 1.19 bits per heavy atom. The Labute approximate surface area is 149 Å². The Balaban J connectivity index is 2.17. The highest BCUT2D eigenvalue weighted by atomic mass is 35.5. The molecular formula is C15H15ClF6N2O2. The molecule has 26 heavy (non-hydrogen) atoms. The highest BCUT2D eigenvalue weighted by Gasteiger charge is 2.46. The van der Waals surface area contributed by atoms with Crippen LogP contribution in [0.25, 0.3) is 0 Å². The first-order valence-electron chi connectivity index (χ1n) is 7.73. The molecule has 1 heterocycles. The number of amides is 1. The van der Waals surface area contributed by atoms with E-state index in [0.717, 1.165) is 0 Å². The lowest BCUT2D eigenvalue weighted by Crippen LogP contribution is -2.49. The molecule has 1 aliphatic carbocycles. The second kappa shape index (κ2) is 7.50. The van der Waals surface area contributed by atoms with Gasteiger partial charge in [-0.3, -0.25) is 9.59 Å². The number of halogens is 7. The summed E-state index contributed by atoms with van der Waals surface area (Å²) in [6, 6.07) is -0.743. The molecule has 0 aliphatic heterocycles. The van der Waals surface area contributed by atoms with Crippen molar-refractivity contribution in [2.45, 2.75) is 50.6 Å². The van der Waals surface area contributed by atoms with E-state index in [-0.39, 0.29) is 12.8 Å². The Kier molecular flexibility index (Phi) is 5.94. The molecule has 0 spiro atoms. The fourth-order valence-electron chi connectivity index (χ4n) is 2.97. The number of rotatable bonds is 3. The molecular weight excluding hydrogens is 390 g/mol. The minimum absolute atomic E-state index is 0.105. The SMILES string of the molecule is O=C(Cn1cc(C(F)(F)F)cc(Cl)c1=O)N[C@@H]1CCCC[C@H]1C(F)(F)F. The molecule has 0 bridgehead atoms. The monoisotopic (exact) mass is 404 g/mol. The first kappa shape index (κ1) is 20.6. The largest absolute Gasteiger partial charge is 0.417 e. The average Bonchev–Trinajstić information content (AvgIpc) is 2.50. The zero-order valence-corrected chi connectivity index (χ0v) is 14.0. The van der Waals surface area contributed by atoms with Crippen LogP contribution in [-0.2, 0) is 17.5 Å². The molecule has 146 valence electrons. The smallest absolute Gasteiger partial charge is 0.351 e. The Bertz CT molecular complexity index is 728. The number of carbonyl (C=O) groups excluding carboxylic acids is 1. The molecule has 1 amide bonds.